The number of carbonyl (C=O) groups excluding carboxylic acids is 3. The third kappa shape index (κ3) is 3.60. The number of nitrogens with zero attached hydrogens (tertiary/aromatic N) is 1. The largest absolute Gasteiger partial charge is 0.497 e. The number of fused-ring (bicyclic) bond motifs is 6. The maximum Gasteiger partial charge on any atom is 0.238 e. The highest BCUT2D eigenvalue weighted by Gasteiger charge is 2.70. The number of amides is 1. The number of benzene rings is 4. The van der Waals surface area contributed by atoms with Crippen LogP contribution in [0.15, 0.2) is 103 Å². The fourth-order valence-corrected chi connectivity index (χ4v) is 6.99. The Morgan fingerprint density at radius 2 is 1.63 bits per heavy atom. The predicted molar refractivity (Wildman–Crippen MR) is 159 cm³/mol. The molecule has 3 heterocycles. The number of ether oxygens (including phenoxy) is 1. The van der Waals surface area contributed by atoms with Crippen LogP contribution >= 0.6 is 11.6 Å². The molecule has 6 nitrogen and oxygen atoms in total. The molecule has 202 valence electrons. The number of halogens is 1. The molecule has 4 aromatic rings. The second-order valence-corrected chi connectivity index (χ2v) is 11.0. The lowest BCUT2D eigenvalue weighted by atomic mass is 9.64. The average Bonchev–Trinajstić information content (AvgIpc) is 3.49. The van der Waals surface area contributed by atoms with E-state index in [0.717, 1.165) is 11.3 Å². The highest BCUT2D eigenvalue weighted by molar-refractivity contribution is 6.30. The lowest BCUT2D eigenvalue weighted by molar-refractivity contribution is -0.121. The standard InChI is InChI=1S/C34H25ClN2O4/c1-41-24-9-6-8-22(19-24)32(39)30-29(31(38)21-13-16-23(35)17-14-21)34(25-10-3-4-11-26(25)36-33(34)40)28-18-15-20-7-2-5-12-27(20)37(28)30/h2-19,28-30H,1H3,(H,36,40)/t28-,29+,30-,34-/m0/s1. The molecule has 1 spiro atoms. The monoisotopic (exact) mass is 560 g/mol. The van der Waals surface area contributed by atoms with Crippen LogP contribution in [-0.2, 0) is 10.2 Å². The number of methoxy groups -OCH3 is 1. The third-order valence-electron chi connectivity index (χ3n) is 8.58. The highest BCUT2D eigenvalue weighted by Crippen LogP contribution is 2.58. The lowest BCUT2D eigenvalue weighted by Crippen LogP contribution is -2.51. The fraction of sp³-hybridized carbons (Fsp3) is 0.147. The van der Waals surface area contributed by atoms with E-state index < -0.39 is 23.4 Å². The van der Waals surface area contributed by atoms with E-state index in [1.807, 2.05) is 65.6 Å². The van der Waals surface area contributed by atoms with Crippen molar-refractivity contribution >= 4 is 46.5 Å². The molecular formula is C34H25ClN2O4. The summed E-state index contributed by atoms with van der Waals surface area (Å²) in [5.41, 5.74) is 2.48. The Balaban J connectivity index is 1.53. The van der Waals surface area contributed by atoms with Gasteiger partial charge in [-0.3, -0.25) is 14.4 Å². The molecule has 1 N–H and O–H groups in total. The fourth-order valence-electron chi connectivity index (χ4n) is 6.86. The maximum absolute atomic E-state index is 14.7. The van der Waals surface area contributed by atoms with Gasteiger partial charge in [-0.2, -0.15) is 0 Å². The molecule has 1 saturated heterocycles. The zero-order chi connectivity index (χ0) is 28.3. The lowest BCUT2D eigenvalue weighted by Gasteiger charge is -2.37. The normalized spacial score (nSPS) is 23.5. The van der Waals surface area contributed by atoms with Crippen LogP contribution in [0, 0.1) is 5.92 Å². The first kappa shape index (κ1) is 25.3. The van der Waals surface area contributed by atoms with Crippen LogP contribution in [0.25, 0.3) is 6.08 Å². The van der Waals surface area contributed by atoms with Crippen molar-refractivity contribution in [1.82, 2.24) is 0 Å². The van der Waals surface area contributed by atoms with Gasteiger partial charge < -0.3 is 15.0 Å². The summed E-state index contributed by atoms with van der Waals surface area (Å²) in [4.78, 5) is 45.8. The molecule has 0 radical (unpaired) electrons. The zero-order valence-corrected chi connectivity index (χ0v) is 22.8. The van der Waals surface area contributed by atoms with Gasteiger partial charge in [0.05, 0.1) is 19.1 Å². The minimum atomic E-state index is -1.36. The molecule has 0 bridgehead atoms. The van der Waals surface area contributed by atoms with Crippen LogP contribution in [0.3, 0.4) is 0 Å². The van der Waals surface area contributed by atoms with Gasteiger partial charge in [0, 0.05) is 27.5 Å². The van der Waals surface area contributed by atoms with E-state index in [4.69, 9.17) is 16.3 Å². The number of hydrogen-bond donors (Lipinski definition) is 1. The van der Waals surface area contributed by atoms with Crippen molar-refractivity contribution in [1.29, 1.82) is 0 Å². The number of carbonyl (C=O) groups is 3. The van der Waals surface area contributed by atoms with Gasteiger partial charge >= 0.3 is 0 Å². The molecule has 0 saturated carbocycles. The van der Waals surface area contributed by atoms with Gasteiger partial charge in [-0.1, -0.05) is 72.3 Å². The van der Waals surface area contributed by atoms with E-state index in [1.165, 1.54) is 0 Å². The van der Waals surface area contributed by atoms with Gasteiger partial charge in [-0.05, 0) is 59.7 Å². The van der Waals surface area contributed by atoms with E-state index in [1.54, 1.807) is 55.6 Å². The molecule has 0 unspecified atom stereocenters. The molecule has 7 rings (SSSR count). The van der Waals surface area contributed by atoms with Crippen molar-refractivity contribution in [3.63, 3.8) is 0 Å². The van der Waals surface area contributed by atoms with Crippen molar-refractivity contribution in [2.24, 2.45) is 5.92 Å². The molecule has 1 amide bonds. The van der Waals surface area contributed by atoms with E-state index in [9.17, 15) is 14.4 Å². The summed E-state index contributed by atoms with van der Waals surface area (Å²) < 4.78 is 5.42. The Morgan fingerprint density at radius 1 is 0.878 bits per heavy atom. The van der Waals surface area contributed by atoms with Crippen molar-refractivity contribution in [3.05, 3.63) is 130 Å². The minimum Gasteiger partial charge on any atom is -0.497 e. The van der Waals surface area contributed by atoms with E-state index in [0.29, 0.717) is 33.1 Å². The summed E-state index contributed by atoms with van der Waals surface area (Å²) in [5.74, 6) is -1.38. The highest BCUT2D eigenvalue weighted by atomic mass is 35.5. The van der Waals surface area contributed by atoms with Crippen molar-refractivity contribution in [2.75, 3.05) is 17.3 Å². The Kier molecular flexibility index (Phi) is 5.84. The molecule has 1 fully saturated rings. The van der Waals surface area contributed by atoms with E-state index in [-0.39, 0.29) is 17.5 Å². The second kappa shape index (κ2) is 9.46. The van der Waals surface area contributed by atoms with E-state index in [2.05, 4.69) is 5.32 Å². The molecule has 4 atom stereocenters. The topological polar surface area (TPSA) is 75.7 Å². The molecule has 4 aromatic carbocycles. The van der Waals surface area contributed by atoms with Crippen molar-refractivity contribution < 1.29 is 19.1 Å². The second-order valence-electron chi connectivity index (χ2n) is 10.5. The summed E-state index contributed by atoms with van der Waals surface area (Å²) in [5, 5.41) is 3.54. The Morgan fingerprint density at radius 3 is 2.44 bits per heavy atom. The first-order chi connectivity index (χ1) is 19.9. The van der Waals surface area contributed by atoms with Crippen LogP contribution in [0.2, 0.25) is 5.02 Å². The van der Waals surface area contributed by atoms with Gasteiger partial charge in [0.2, 0.25) is 5.91 Å². The summed E-state index contributed by atoms with van der Waals surface area (Å²) in [6.07, 6.45) is 3.94. The molecule has 0 aromatic heterocycles. The van der Waals surface area contributed by atoms with Crippen LogP contribution < -0.4 is 15.0 Å². The van der Waals surface area contributed by atoms with Crippen molar-refractivity contribution in [2.45, 2.75) is 17.5 Å². The maximum atomic E-state index is 14.7. The van der Waals surface area contributed by atoms with Crippen molar-refractivity contribution in [3.8, 4) is 5.75 Å². The molecule has 7 heteroatoms. The van der Waals surface area contributed by atoms with Crippen LogP contribution in [0.4, 0.5) is 11.4 Å². The number of ketones is 2. The number of rotatable bonds is 5. The first-order valence-electron chi connectivity index (χ1n) is 13.4. The summed E-state index contributed by atoms with van der Waals surface area (Å²) in [7, 11) is 1.54. The van der Waals surface area contributed by atoms with Crippen LogP contribution in [0.5, 0.6) is 5.75 Å². The Hall–Kier alpha value is -4.68. The van der Waals surface area contributed by atoms with Crippen LogP contribution in [0.1, 0.15) is 31.8 Å². The average molecular weight is 561 g/mol. The van der Waals surface area contributed by atoms with Crippen LogP contribution in [-0.4, -0.2) is 36.7 Å². The smallest absolute Gasteiger partial charge is 0.238 e. The van der Waals surface area contributed by atoms with Gasteiger partial charge in [0.1, 0.15) is 17.2 Å². The molecule has 41 heavy (non-hydrogen) atoms. The number of nitrogens with one attached hydrogen (secondary N) is 1. The van der Waals surface area contributed by atoms with Gasteiger partial charge in [0.15, 0.2) is 11.6 Å². The minimum absolute atomic E-state index is 0.264. The Bertz CT molecular complexity index is 1760. The Labute approximate surface area is 242 Å². The van der Waals surface area contributed by atoms with Gasteiger partial charge in [0.25, 0.3) is 0 Å². The number of para-hydroxylation sites is 2. The van der Waals surface area contributed by atoms with Gasteiger partial charge in [-0.15, -0.1) is 0 Å². The summed E-state index contributed by atoms with van der Waals surface area (Å²) >= 11 is 6.17. The summed E-state index contributed by atoms with van der Waals surface area (Å²) in [6.45, 7) is 0. The number of anilines is 2. The van der Waals surface area contributed by atoms with E-state index >= 15 is 0 Å². The molecular weight excluding hydrogens is 536 g/mol. The van der Waals surface area contributed by atoms with Gasteiger partial charge in [-0.25, -0.2) is 0 Å². The molecule has 3 aliphatic heterocycles. The number of Topliss-reactive ketones (excluding diaryl/α,β-unsaturated/α-hetero) is 2. The third-order valence-corrected chi connectivity index (χ3v) is 8.83. The zero-order valence-electron chi connectivity index (χ0n) is 22.1. The predicted octanol–water partition coefficient (Wildman–Crippen LogP) is 6.20. The number of hydrogen-bond acceptors (Lipinski definition) is 5. The first-order valence-corrected chi connectivity index (χ1v) is 13.8. The molecule has 0 aliphatic carbocycles. The molecule has 3 aliphatic rings. The summed E-state index contributed by atoms with van der Waals surface area (Å²) in [6, 6.07) is 27.2. The quantitative estimate of drug-likeness (QED) is 0.294. The SMILES string of the molecule is COc1cccc(C(=O)[C@@H]2[C@H](C(=O)c3ccc(Cl)cc3)[C@@]3(C(=O)Nc4ccccc43)[C@@H]3C=Cc4ccccc4N23)c1.